The molecule has 148 valence electrons. The summed E-state index contributed by atoms with van der Waals surface area (Å²) >= 11 is 6.08. The van der Waals surface area contributed by atoms with Gasteiger partial charge in [-0.1, -0.05) is 23.7 Å². The van der Waals surface area contributed by atoms with E-state index in [-0.39, 0.29) is 12.4 Å². The van der Waals surface area contributed by atoms with Gasteiger partial charge in [-0.25, -0.2) is 0 Å². The Kier molecular flexibility index (Phi) is 8.24. The van der Waals surface area contributed by atoms with Gasteiger partial charge in [-0.2, -0.15) is 0 Å². The van der Waals surface area contributed by atoms with Crippen LogP contribution in [0.5, 0.6) is 5.75 Å². The molecule has 1 N–H and O–H groups in total. The molecular formula is C21H28Cl2N2O2. The van der Waals surface area contributed by atoms with Crippen LogP contribution in [-0.4, -0.2) is 55.4 Å². The van der Waals surface area contributed by atoms with Crippen LogP contribution < -0.4 is 9.64 Å². The lowest BCUT2D eigenvalue weighted by Gasteiger charge is -2.36. The number of anilines is 1. The lowest BCUT2D eigenvalue weighted by atomic mass is 10.1. The summed E-state index contributed by atoms with van der Waals surface area (Å²) in [5, 5.41) is 11.1. The number of rotatable bonds is 6. The van der Waals surface area contributed by atoms with Crippen molar-refractivity contribution in [3.05, 3.63) is 58.6 Å². The monoisotopic (exact) mass is 410 g/mol. The number of halogens is 2. The van der Waals surface area contributed by atoms with E-state index in [1.165, 1.54) is 11.1 Å². The average Bonchev–Trinajstić information content (AvgIpc) is 2.63. The van der Waals surface area contributed by atoms with E-state index in [2.05, 4.69) is 29.7 Å². The van der Waals surface area contributed by atoms with Crippen LogP contribution in [0.1, 0.15) is 11.1 Å². The molecule has 0 amide bonds. The van der Waals surface area contributed by atoms with Gasteiger partial charge in [0.15, 0.2) is 0 Å². The summed E-state index contributed by atoms with van der Waals surface area (Å²) in [7, 11) is 0. The second-order valence-corrected chi connectivity index (χ2v) is 7.41. The summed E-state index contributed by atoms with van der Waals surface area (Å²) < 4.78 is 5.75. The van der Waals surface area contributed by atoms with E-state index in [1.807, 2.05) is 36.4 Å². The summed E-state index contributed by atoms with van der Waals surface area (Å²) in [5.41, 5.74) is 3.61. The Morgan fingerprint density at radius 2 is 1.78 bits per heavy atom. The largest absolute Gasteiger partial charge is 0.491 e. The van der Waals surface area contributed by atoms with E-state index in [1.54, 1.807) is 0 Å². The molecule has 1 fully saturated rings. The highest BCUT2D eigenvalue weighted by atomic mass is 35.5. The Bertz CT molecular complexity index is 734. The quantitative estimate of drug-likeness (QED) is 0.781. The number of benzene rings is 2. The van der Waals surface area contributed by atoms with Gasteiger partial charge in [0.25, 0.3) is 0 Å². The van der Waals surface area contributed by atoms with Gasteiger partial charge in [-0.3, -0.25) is 4.90 Å². The molecule has 1 atom stereocenters. The highest BCUT2D eigenvalue weighted by Crippen LogP contribution is 2.21. The van der Waals surface area contributed by atoms with Gasteiger partial charge in [-0.05, 0) is 55.3 Å². The number of ether oxygens (including phenoxy) is 1. The van der Waals surface area contributed by atoms with Gasteiger partial charge < -0.3 is 14.7 Å². The van der Waals surface area contributed by atoms with E-state index in [9.17, 15) is 5.11 Å². The number of β-amino-alcohol motifs (C(OH)–C–C–N with tert-alkyl or cyclic N) is 1. The molecule has 0 aliphatic carbocycles. The minimum atomic E-state index is -0.491. The Morgan fingerprint density at radius 3 is 2.44 bits per heavy atom. The van der Waals surface area contributed by atoms with E-state index < -0.39 is 6.10 Å². The van der Waals surface area contributed by atoms with E-state index in [4.69, 9.17) is 16.3 Å². The molecule has 2 aromatic rings. The molecule has 3 rings (SSSR count). The zero-order chi connectivity index (χ0) is 18.5. The smallest absolute Gasteiger partial charge is 0.119 e. The first-order valence-electron chi connectivity index (χ1n) is 9.12. The fourth-order valence-corrected chi connectivity index (χ4v) is 3.39. The van der Waals surface area contributed by atoms with E-state index in [0.717, 1.165) is 42.6 Å². The number of hydrogen-bond donors (Lipinski definition) is 1. The molecule has 1 aliphatic heterocycles. The Hall–Kier alpha value is -1.46. The minimum absolute atomic E-state index is 0. The zero-order valence-corrected chi connectivity index (χ0v) is 17.5. The SMILES string of the molecule is Cc1ccc(OCC(O)CN2CCN(c3cccc(Cl)c3)CC2)cc1C.Cl. The van der Waals surface area contributed by atoms with Gasteiger partial charge in [0, 0.05) is 43.4 Å². The fraction of sp³-hybridized carbons (Fsp3) is 0.429. The highest BCUT2D eigenvalue weighted by Gasteiger charge is 2.20. The summed E-state index contributed by atoms with van der Waals surface area (Å²) in [6.45, 7) is 8.82. The normalized spacial score (nSPS) is 15.9. The molecule has 0 bridgehead atoms. The molecule has 2 aromatic carbocycles. The highest BCUT2D eigenvalue weighted by molar-refractivity contribution is 6.30. The molecular weight excluding hydrogens is 383 g/mol. The van der Waals surface area contributed by atoms with Gasteiger partial charge in [0.05, 0.1) is 0 Å². The molecule has 0 saturated carbocycles. The van der Waals surface area contributed by atoms with Crippen molar-refractivity contribution in [3.63, 3.8) is 0 Å². The van der Waals surface area contributed by atoms with Crippen molar-refractivity contribution in [1.82, 2.24) is 4.90 Å². The molecule has 27 heavy (non-hydrogen) atoms. The van der Waals surface area contributed by atoms with Crippen molar-refractivity contribution in [1.29, 1.82) is 0 Å². The number of aliphatic hydroxyl groups is 1. The maximum absolute atomic E-state index is 10.3. The second kappa shape index (κ2) is 10.2. The number of aliphatic hydroxyl groups excluding tert-OH is 1. The third-order valence-corrected chi connectivity index (χ3v) is 5.17. The average molecular weight is 411 g/mol. The maximum atomic E-state index is 10.3. The summed E-state index contributed by atoms with van der Waals surface area (Å²) in [6.07, 6.45) is -0.491. The number of piperazine rings is 1. The topological polar surface area (TPSA) is 35.9 Å². The maximum Gasteiger partial charge on any atom is 0.119 e. The molecule has 0 spiro atoms. The number of nitrogens with zero attached hydrogens (tertiary/aromatic N) is 2. The second-order valence-electron chi connectivity index (χ2n) is 6.98. The Balaban J connectivity index is 0.00000261. The third-order valence-electron chi connectivity index (χ3n) is 4.94. The van der Waals surface area contributed by atoms with Crippen LogP contribution in [0, 0.1) is 13.8 Å². The van der Waals surface area contributed by atoms with Crippen LogP contribution >= 0.6 is 24.0 Å². The lowest BCUT2D eigenvalue weighted by molar-refractivity contribution is 0.0663. The molecule has 0 aromatic heterocycles. The van der Waals surface area contributed by atoms with Crippen LogP contribution in [0.15, 0.2) is 42.5 Å². The van der Waals surface area contributed by atoms with Crippen LogP contribution in [0.2, 0.25) is 5.02 Å². The van der Waals surface area contributed by atoms with Gasteiger partial charge in [0.2, 0.25) is 0 Å². The van der Waals surface area contributed by atoms with Crippen molar-refractivity contribution in [2.75, 3.05) is 44.2 Å². The fourth-order valence-electron chi connectivity index (χ4n) is 3.21. The van der Waals surface area contributed by atoms with Crippen molar-refractivity contribution in [2.45, 2.75) is 20.0 Å². The number of aryl methyl sites for hydroxylation is 2. The predicted octanol–water partition coefficient (Wildman–Crippen LogP) is 3.94. The molecule has 1 aliphatic rings. The molecule has 1 saturated heterocycles. The van der Waals surface area contributed by atoms with Crippen molar-refractivity contribution in [3.8, 4) is 5.75 Å². The van der Waals surface area contributed by atoms with Crippen molar-refractivity contribution < 1.29 is 9.84 Å². The van der Waals surface area contributed by atoms with Gasteiger partial charge in [-0.15, -0.1) is 12.4 Å². The Morgan fingerprint density at radius 1 is 1.04 bits per heavy atom. The molecule has 0 radical (unpaired) electrons. The first kappa shape index (κ1) is 21.8. The van der Waals surface area contributed by atoms with Crippen molar-refractivity contribution >= 4 is 29.7 Å². The summed E-state index contributed by atoms with van der Waals surface area (Å²) in [5.74, 6) is 0.818. The first-order chi connectivity index (χ1) is 12.5. The lowest BCUT2D eigenvalue weighted by Crippen LogP contribution is -2.49. The molecule has 4 nitrogen and oxygen atoms in total. The van der Waals surface area contributed by atoms with Gasteiger partial charge in [0.1, 0.15) is 18.5 Å². The van der Waals surface area contributed by atoms with Crippen LogP contribution in [0.4, 0.5) is 5.69 Å². The molecule has 1 heterocycles. The third kappa shape index (κ3) is 6.28. The minimum Gasteiger partial charge on any atom is -0.491 e. The molecule has 1 unspecified atom stereocenters. The standard InChI is InChI=1S/C21H27ClN2O2.ClH/c1-16-6-7-21(12-17(16)2)26-15-20(25)14-23-8-10-24(11-9-23)19-5-3-4-18(22)13-19;/h3-7,12-13,20,25H,8-11,14-15H2,1-2H3;1H. The first-order valence-corrected chi connectivity index (χ1v) is 9.50. The summed E-state index contributed by atoms with van der Waals surface area (Å²) in [4.78, 5) is 4.62. The Labute approximate surface area is 173 Å². The predicted molar refractivity (Wildman–Crippen MR) is 115 cm³/mol. The molecule has 6 heteroatoms. The summed E-state index contributed by atoms with van der Waals surface area (Å²) in [6, 6.07) is 14.0. The van der Waals surface area contributed by atoms with Crippen LogP contribution in [0.3, 0.4) is 0 Å². The zero-order valence-electron chi connectivity index (χ0n) is 15.9. The van der Waals surface area contributed by atoms with Crippen LogP contribution in [-0.2, 0) is 0 Å². The number of hydrogen-bond acceptors (Lipinski definition) is 4. The van der Waals surface area contributed by atoms with E-state index in [0.29, 0.717) is 13.2 Å². The van der Waals surface area contributed by atoms with Gasteiger partial charge >= 0.3 is 0 Å². The van der Waals surface area contributed by atoms with E-state index >= 15 is 0 Å². The van der Waals surface area contributed by atoms with Crippen molar-refractivity contribution in [2.24, 2.45) is 0 Å². The van der Waals surface area contributed by atoms with Crippen LogP contribution in [0.25, 0.3) is 0 Å².